The summed E-state index contributed by atoms with van der Waals surface area (Å²) in [7, 11) is 0. The first-order valence-electron chi connectivity index (χ1n) is 5.66. The summed E-state index contributed by atoms with van der Waals surface area (Å²) in [5.74, 6) is 0.315. The zero-order valence-electron chi connectivity index (χ0n) is 10.0. The van der Waals surface area contributed by atoms with Gasteiger partial charge in [0.25, 0.3) is 0 Å². The van der Waals surface area contributed by atoms with E-state index >= 15 is 0 Å². The molecule has 1 unspecified atom stereocenters. The molecule has 0 aliphatic rings. The molecule has 0 aliphatic carbocycles. The van der Waals surface area contributed by atoms with Crippen LogP contribution in [0.1, 0.15) is 24.4 Å². The Hall–Kier alpha value is -1.89. The van der Waals surface area contributed by atoms with Crippen molar-refractivity contribution in [3.63, 3.8) is 0 Å². The average molecular weight is 265 g/mol. The number of anilines is 1. The third-order valence-electron chi connectivity index (χ3n) is 2.46. The molecule has 0 aliphatic heterocycles. The van der Waals surface area contributed by atoms with E-state index in [1.807, 2.05) is 12.3 Å². The van der Waals surface area contributed by atoms with E-state index < -0.39 is 0 Å². The van der Waals surface area contributed by atoms with Crippen LogP contribution >= 0.6 is 11.3 Å². The van der Waals surface area contributed by atoms with Crippen molar-refractivity contribution >= 4 is 23.1 Å². The molecule has 0 fully saturated rings. The second-order valence-corrected chi connectivity index (χ2v) is 4.76. The van der Waals surface area contributed by atoms with Crippen molar-refractivity contribution in [1.29, 1.82) is 0 Å². The van der Waals surface area contributed by atoms with Crippen molar-refractivity contribution in [2.24, 2.45) is 0 Å². The fraction of sp³-hybridized carbons (Fsp3) is 0.364. The molecule has 18 heavy (non-hydrogen) atoms. The van der Waals surface area contributed by atoms with Crippen LogP contribution in [0.4, 0.5) is 5.82 Å². The molecule has 6 nitrogen and oxygen atoms in total. The molecule has 0 aromatic carbocycles. The number of rotatable bonds is 5. The number of carbonyl (C=O) groups is 1. The molecule has 0 saturated heterocycles. The Bertz CT molecular complexity index is 507. The first-order valence-corrected chi connectivity index (χ1v) is 6.54. The highest BCUT2D eigenvalue weighted by Gasteiger charge is 2.15. The second-order valence-electron chi connectivity index (χ2n) is 3.84. The minimum Gasteiger partial charge on any atom is -0.382 e. The molecule has 2 rings (SSSR count). The van der Waals surface area contributed by atoms with Gasteiger partial charge in [0.05, 0.1) is 6.04 Å². The number of nitrogens with zero attached hydrogens (tertiary/aromatic N) is 3. The number of nitrogens with one attached hydrogen (secondary N) is 1. The van der Waals surface area contributed by atoms with Gasteiger partial charge in [0, 0.05) is 17.8 Å². The van der Waals surface area contributed by atoms with Crippen molar-refractivity contribution in [2.45, 2.75) is 25.9 Å². The fourth-order valence-electron chi connectivity index (χ4n) is 1.60. The lowest BCUT2D eigenvalue weighted by molar-refractivity contribution is -0.122. The predicted octanol–water partition coefficient (Wildman–Crippen LogP) is 1.19. The molecule has 7 heteroatoms. The van der Waals surface area contributed by atoms with Gasteiger partial charge in [-0.15, -0.1) is 11.3 Å². The van der Waals surface area contributed by atoms with Gasteiger partial charge in [0.1, 0.15) is 17.4 Å². The van der Waals surface area contributed by atoms with Crippen LogP contribution in [0.25, 0.3) is 0 Å². The Labute approximate surface area is 109 Å². The maximum atomic E-state index is 11.9. The largest absolute Gasteiger partial charge is 0.382 e. The van der Waals surface area contributed by atoms with Gasteiger partial charge in [-0.3, -0.25) is 9.48 Å². The number of hydrogen-bond acceptors (Lipinski definition) is 5. The van der Waals surface area contributed by atoms with Crippen LogP contribution < -0.4 is 11.1 Å². The smallest absolute Gasteiger partial charge is 0.242 e. The summed E-state index contributed by atoms with van der Waals surface area (Å²) in [6, 6.07) is 1.62. The summed E-state index contributed by atoms with van der Waals surface area (Å²) in [6.07, 6.45) is 4.22. The normalized spacial score (nSPS) is 12.3. The zero-order chi connectivity index (χ0) is 13.0. The van der Waals surface area contributed by atoms with Crippen LogP contribution in [-0.4, -0.2) is 20.7 Å². The number of thiazole rings is 1. The molecular formula is C11H15N5OS. The van der Waals surface area contributed by atoms with Crippen LogP contribution in [0, 0.1) is 0 Å². The lowest BCUT2D eigenvalue weighted by Gasteiger charge is -2.14. The summed E-state index contributed by atoms with van der Waals surface area (Å²) in [5, 5.41) is 9.72. The molecule has 0 spiro atoms. The Morgan fingerprint density at radius 3 is 3.06 bits per heavy atom. The highest BCUT2D eigenvalue weighted by atomic mass is 32.1. The number of hydrogen-bond donors (Lipinski definition) is 2. The van der Waals surface area contributed by atoms with E-state index in [0.29, 0.717) is 5.82 Å². The van der Waals surface area contributed by atoms with E-state index in [1.54, 1.807) is 18.5 Å². The molecular weight excluding hydrogens is 250 g/mol. The minimum atomic E-state index is -0.0971. The Balaban J connectivity index is 1.94. The molecule has 1 atom stereocenters. The quantitative estimate of drug-likeness (QED) is 0.850. The first-order chi connectivity index (χ1) is 8.69. The lowest BCUT2D eigenvalue weighted by atomic mass is 10.2. The van der Waals surface area contributed by atoms with Gasteiger partial charge >= 0.3 is 0 Å². The summed E-state index contributed by atoms with van der Waals surface area (Å²) in [4.78, 5) is 16.1. The van der Waals surface area contributed by atoms with E-state index in [0.717, 1.165) is 11.4 Å². The van der Waals surface area contributed by atoms with Gasteiger partial charge < -0.3 is 11.1 Å². The summed E-state index contributed by atoms with van der Waals surface area (Å²) in [6.45, 7) is 2.18. The number of carbonyl (C=O) groups excluding carboxylic acids is 1. The zero-order valence-corrected chi connectivity index (χ0v) is 10.9. The molecule has 0 bridgehead atoms. The third kappa shape index (κ3) is 3.07. The van der Waals surface area contributed by atoms with Crippen LogP contribution in [0.5, 0.6) is 0 Å². The Kier molecular flexibility index (Phi) is 3.93. The topological polar surface area (TPSA) is 85.8 Å². The van der Waals surface area contributed by atoms with Crippen molar-refractivity contribution in [2.75, 3.05) is 5.73 Å². The molecule has 96 valence electrons. The molecule has 2 aromatic heterocycles. The van der Waals surface area contributed by atoms with E-state index in [-0.39, 0.29) is 18.5 Å². The molecule has 0 saturated carbocycles. The lowest BCUT2D eigenvalue weighted by Crippen LogP contribution is -2.31. The van der Waals surface area contributed by atoms with Crippen molar-refractivity contribution in [3.8, 4) is 0 Å². The Morgan fingerprint density at radius 2 is 2.50 bits per heavy atom. The second kappa shape index (κ2) is 5.63. The van der Waals surface area contributed by atoms with E-state index in [4.69, 9.17) is 5.73 Å². The van der Waals surface area contributed by atoms with E-state index in [2.05, 4.69) is 15.4 Å². The van der Waals surface area contributed by atoms with Crippen LogP contribution in [0.2, 0.25) is 0 Å². The molecule has 2 heterocycles. The van der Waals surface area contributed by atoms with Crippen LogP contribution in [0.3, 0.4) is 0 Å². The number of aromatic nitrogens is 3. The monoisotopic (exact) mass is 265 g/mol. The first kappa shape index (κ1) is 12.6. The predicted molar refractivity (Wildman–Crippen MR) is 69.9 cm³/mol. The average Bonchev–Trinajstić information content (AvgIpc) is 2.98. The summed E-state index contributed by atoms with van der Waals surface area (Å²) < 4.78 is 1.51. The maximum absolute atomic E-state index is 11.9. The molecule has 2 aromatic rings. The van der Waals surface area contributed by atoms with Gasteiger partial charge in [-0.25, -0.2) is 4.98 Å². The SMILES string of the molecule is CCC(NC(=O)Cn1ccc(N)n1)c1nccs1. The van der Waals surface area contributed by atoms with Crippen LogP contribution in [0.15, 0.2) is 23.8 Å². The molecule has 1 amide bonds. The third-order valence-corrected chi connectivity index (χ3v) is 3.35. The maximum Gasteiger partial charge on any atom is 0.242 e. The van der Waals surface area contributed by atoms with Crippen molar-refractivity contribution in [1.82, 2.24) is 20.1 Å². The number of nitrogens with two attached hydrogens (primary N) is 1. The van der Waals surface area contributed by atoms with Gasteiger partial charge in [0.15, 0.2) is 0 Å². The van der Waals surface area contributed by atoms with Crippen molar-refractivity contribution < 1.29 is 4.79 Å². The van der Waals surface area contributed by atoms with Gasteiger partial charge in [-0.2, -0.15) is 5.10 Å². The van der Waals surface area contributed by atoms with Crippen LogP contribution in [-0.2, 0) is 11.3 Å². The highest BCUT2D eigenvalue weighted by molar-refractivity contribution is 7.09. The number of amides is 1. The molecule has 0 radical (unpaired) electrons. The number of nitrogen functional groups attached to an aromatic ring is 1. The standard InChI is InChI=1S/C11H15N5OS/c1-2-8(11-13-4-6-18-11)14-10(17)7-16-5-3-9(12)15-16/h3-6,8H,2,7H2,1H3,(H2,12,15)(H,14,17). The van der Waals surface area contributed by atoms with Gasteiger partial charge in [-0.05, 0) is 12.5 Å². The minimum absolute atomic E-state index is 0.0367. The van der Waals surface area contributed by atoms with E-state index in [1.165, 1.54) is 16.0 Å². The Morgan fingerprint density at radius 1 is 1.67 bits per heavy atom. The van der Waals surface area contributed by atoms with Crippen molar-refractivity contribution in [3.05, 3.63) is 28.8 Å². The summed E-state index contributed by atoms with van der Waals surface area (Å²) in [5.41, 5.74) is 5.49. The fourth-order valence-corrected chi connectivity index (χ4v) is 2.37. The van der Waals surface area contributed by atoms with Gasteiger partial charge in [0.2, 0.25) is 5.91 Å². The van der Waals surface area contributed by atoms with E-state index in [9.17, 15) is 4.79 Å². The highest BCUT2D eigenvalue weighted by Crippen LogP contribution is 2.18. The van der Waals surface area contributed by atoms with Gasteiger partial charge in [-0.1, -0.05) is 6.92 Å². The molecule has 3 N–H and O–H groups in total. The summed E-state index contributed by atoms with van der Waals surface area (Å²) >= 11 is 1.54.